The molecule has 7 heteroatoms. The molecule has 2 amide bonds. The van der Waals surface area contributed by atoms with Gasteiger partial charge in [0.1, 0.15) is 6.04 Å². The summed E-state index contributed by atoms with van der Waals surface area (Å²) in [5.74, 6) is -1.15. The Bertz CT molecular complexity index is 819. The van der Waals surface area contributed by atoms with Crippen molar-refractivity contribution < 1.29 is 19.5 Å². The van der Waals surface area contributed by atoms with Crippen LogP contribution in [-0.2, 0) is 16.0 Å². The molecule has 3 rings (SSSR count). The van der Waals surface area contributed by atoms with Crippen molar-refractivity contribution in [1.29, 1.82) is 0 Å². The Kier molecular flexibility index (Phi) is 6.24. The van der Waals surface area contributed by atoms with E-state index >= 15 is 0 Å². The number of aryl methyl sites for hydroxylation is 1. The summed E-state index contributed by atoms with van der Waals surface area (Å²) in [5, 5.41) is 13.6. The average Bonchev–Trinajstić information content (AvgIpc) is 3.21. The van der Waals surface area contributed by atoms with E-state index in [9.17, 15) is 14.4 Å². The molecule has 0 spiro atoms. The van der Waals surface area contributed by atoms with Gasteiger partial charge in [0.15, 0.2) is 0 Å². The summed E-state index contributed by atoms with van der Waals surface area (Å²) < 4.78 is 0. The highest BCUT2D eigenvalue weighted by atomic mass is 32.1. The quantitative estimate of drug-likeness (QED) is 0.797. The number of carboxylic acids is 1. The van der Waals surface area contributed by atoms with Gasteiger partial charge in [0.25, 0.3) is 5.91 Å². The van der Waals surface area contributed by atoms with Crippen molar-refractivity contribution in [2.75, 3.05) is 11.9 Å². The van der Waals surface area contributed by atoms with E-state index in [0.717, 1.165) is 18.4 Å². The number of nitrogens with one attached hydrogen (secondary N) is 1. The van der Waals surface area contributed by atoms with Crippen LogP contribution in [0.2, 0.25) is 0 Å². The standard InChI is InChI=1S/C20H22N2O4S/c23-18(24)10-9-14-5-3-6-15(13-14)21-19(25)16-7-1-2-11-22(16)20(26)17-8-4-12-27-17/h3-6,8,12-13,16H,1-2,7,9-11H2,(H,21,25)(H,23,24). The molecule has 1 aromatic heterocycles. The zero-order valence-corrected chi connectivity index (χ0v) is 15.7. The Morgan fingerprint density at radius 1 is 1.19 bits per heavy atom. The molecule has 0 bridgehead atoms. The molecule has 1 aromatic carbocycles. The number of aliphatic carboxylic acids is 1. The van der Waals surface area contributed by atoms with E-state index in [1.165, 1.54) is 11.3 Å². The summed E-state index contributed by atoms with van der Waals surface area (Å²) in [5.41, 5.74) is 1.47. The monoisotopic (exact) mass is 386 g/mol. The third-order valence-electron chi connectivity index (χ3n) is 4.62. The lowest BCUT2D eigenvalue weighted by atomic mass is 10.0. The van der Waals surface area contributed by atoms with Gasteiger partial charge in [0.05, 0.1) is 4.88 Å². The second kappa shape index (κ2) is 8.81. The minimum absolute atomic E-state index is 0.0448. The van der Waals surface area contributed by atoms with Crippen molar-refractivity contribution in [1.82, 2.24) is 4.90 Å². The van der Waals surface area contributed by atoms with Crippen molar-refractivity contribution >= 4 is 34.8 Å². The minimum Gasteiger partial charge on any atom is -0.481 e. The summed E-state index contributed by atoms with van der Waals surface area (Å²) in [6, 6.07) is 10.3. The normalized spacial score (nSPS) is 16.7. The molecule has 6 nitrogen and oxygen atoms in total. The zero-order chi connectivity index (χ0) is 19.2. The van der Waals surface area contributed by atoms with Crippen molar-refractivity contribution in [3.63, 3.8) is 0 Å². The number of rotatable bonds is 6. The van der Waals surface area contributed by atoms with E-state index in [2.05, 4.69) is 5.32 Å². The Hall–Kier alpha value is -2.67. The molecule has 0 radical (unpaired) electrons. The molecule has 1 fully saturated rings. The highest BCUT2D eigenvalue weighted by molar-refractivity contribution is 7.12. The molecular weight excluding hydrogens is 364 g/mol. The van der Waals surface area contributed by atoms with E-state index in [4.69, 9.17) is 5.11 Å². The van der Waals surface area contributed by atoms with Gasteiger partial charge in [-0.25, -0.2) is 0 Å². The van der Waals surface area contributed by atoms with Gasteiger partial charge >= 0.3 is 5.97 Å². The lowest BCUT2D eigenvalue weighted by molar-refractivity contribution is -0.137. The van der Waals surface area contributed by atoms with E-state index < -0.39 is 12.0 Å². The number of amides is 2. The maximum Gasteiger partial charge on any atom is 0.303 e. The Morgan fingerprint density at radius 3 is 2.78 bits per heavy atom. The van der Waals surface area contributed by atoms with Gasteiger partial charge in [-0.2, -0.15) is 0 Å². The van der Waals surface area contributed by atoms with Crippen molar-refractivity contribution in [2.24, 2.45) is 0 Å². The minimum atomic E-state index is -0.852. The molecule has 0 saturated carbocycles. The first-order valence-electron chi connectivity index (χ1n) is 9.00. The molecule has 0 aliphatic carbocycles. The van der Waals surface area contributed by atoms with Crippen LogP contribution in [0.1, 0.15) is 40.9 Å². The number of carbonyl (C=O) groups is 3. The first-order chi connectivity index (χ1) is 13.0. The Morgan fingerprint density at radius 2 is 2.04 bits per heavy atom. The third kappa shape index (κ3) is 4.95. The van der Waals surface area contributed by atoms with Crippen LogP contribution in [0, 0.1) is 0 Å². The van der Waals surface area contributed by atoms with Crippen LogP contribution in [0.4, 0.5) is 5.69 Å². The molecule has 142 valence electrons. The lowest BCUT2D eigenvalue weighted by Crippen LogP contribution is -2.49. The van der Waals surface area contributed by atoms with Gasteiger partial charge in [-0.05, 0) is 54.8 Å². The van der Waals surface area contributed by atoms with E-state index in [-0.39, 0.29) is 18.2 Å². The number of likely N-dealkylation sites (tertiary alicyclic amines) is 1. The fourth-order valence-electron chi connectivity index (χ4n) is 3.27. The van der Waals surface area contributed by atoms with E-state index in [0.29, 0.717) is 30.0 Å². The molecule has 2 N–H and O–H groups in total. The number of anilines is 1. The van der Waals surface area contributed by atoms with E-state index in [1.807, 2.05) is 17.5 Å². The third-order valence-corrected chi connectivity index (χ3v) is 5.48. The highest BCUT2D eigenvalue weighted by Crippen LogP contribution is 2.23. The van der Waals surface area contributed by atoms with Crippen LogP contribution in [0.15, 0.2) is 41.8 Å². The highest BCUT2D eigenvalue weighted by Gasteiger charge is 2.33. The zero-order valence-electron chi connectivity index (χ0n) is 14.9. The predicted octanol–water partition coefficient (Wildman–Crippen LogP) is 3.40. The van der Waals surface area contributed by atoms with Crippen molar-refractivity contribution in [3.8, 4) is 0 Å². The molecule has 1 aliphatic rings. The molecule has 1 saturated heterocycles. The summed E-state index contributed by atoms with van der Waals surface area (Å²) in [7, 11) is 0. The summed E-state index contributed by atoms with van der Waals surface area (Å²) in [6.07, 6.45) is 2.90. The smallest absolute Gasteiger partial charge is 0.303 e. The molecule has 1 atom stereocenters. The van der Waals surface area contributed by atoms with Crippen LogP contribution in [-0.4, -0.2) is 40.4 Å². The number of piperidine rings is 1. The lowest BCUT2D eigenvalue weighted by Gasteiger charge is -2.34. The number of hydrogen-bond acceptors (Lipinski definition) is 4. The van der Waals surface area contributed by atoms with Crippen LogP contribution >= 0.6 is 11.3 Å². The second-order valence-corrected chi connectivity index (χ2v) is 7.52. The van der Waals surface area contributed by atoms with Crippen LogP contribution < -0.4 is 5.32 Å². The van der Waals surface area contributed by atoms with Gasteiger partial charge in [-0.1, -0.05) is 18.2 Å². The van der Waals surface area contributed by atoms with Gasteiger partial charge in [0, 0.05) is 18.7 Å². The fraction of sp³-hybridized carbons (Fsp3) is 0.350. The predicted molar refractivity (Wildman–Crippen MR) is 104 cm³/mol. The molecular formula is C20H22N2O4S. The van der Waals surface area contributed by atoms with Crippen LogP contribution in [0.3, 0.4) is 0 Å². The van der Waals surface area contributed by atoms with Gasteiger partial charge in [-0.15, -0.1) is 11.3 Å². The van der Waals surface area contributed by atoms with Gasteiger partial charge in [-0.3, -0.25) is 14.4 Å². The van der Waals surface area contributed by atoms with Gasteiger partial charge < -0.3 is 15.3 Å². The topological polar surface area (TPSA) is 86.7 Å². The molecule has 1 aliphatic heterocycles. The number of benzene rings is 1. The van der Waals surface area contributed by atoms with Crippen molar-refractivity contribution in [2.45, 2.75) is 38.1 Å². The van der Waals surface area contributed by atoms with Gasteiger partial charge in [0.2, 0.25) is 5.91 Å². The second-order valence-electron chi connectivity index (χ2n) is 6.57. The maximum atomic E-state index is 12.8. The average molecular weight is 386 g/mol. The number of carbonyl (C=O) groups excluding carboxylic acids is 2. The summed E-state index contributed by atoms with van der Waals surface area (Å²) in [4.78, 5) is 38.6. The van der Waals surface area contributed by atoms with Crippen LogP contribution in [0.5, 0.6) is 0 Å². The molecule has 2 aromatic rings. The Labute approximate surface area is 161 Å². The summed E-state index contributed by atoms with van der Waals surface area (Å²) in [6.45, 7) is 0.577. The molecule has 2 heterocycles. The van der Waals surface area contributed by atoms with Crippen LogP contribution in [0.25, 0.3) is 0 Å². The fourth-order valence-corrected chi connectivity index (χ4v) is 3.95. The number of hydrogen-bond donors (Lipinski definition) is 2. The van der Waals surface area contributed by atoms with Crippen molar-refractivity contribution in [3.05, 3.63) is 52.2 Å². The SMILES string of the molecule is O=C(O)CCc1cccc(NC(=O)C2CCCCN2C(=O)c2cccs2)c1. The van der Waals surface area contributed by atoms with E-state index in [1.54, 1.807) is 29.2 Å². The number of thiophene rings is 1. The maximum absolute atomic E-state index is 12.8. The summed E-state index contributed by atoms with van der Waals surface area (Å²) >= 11 is 1.38. The first-order valence-corrected chi connectivity index (χ1v) is 9.88. The molecule has 1 unspecified atom stereocenters. The first kappa shape index (κ1) is 19.1. The number of carboxylic acid groups (broad SMARTS) is 1. The molecule has 27 heavy (non-hydrogen) atoms. The largest absolute Gasteiger partial charge is 0.481 e. The number of nitrogens with zero attached hydrogens (tertiary/aromatic N) is 1. The Balaban J connectivity index is 1.69.